The zero-order chi connectivity index (χ0) is 12.6. The average molecular weight is 253 g/mol. The van der Waals surface area contributed by atoms with Crippen LogP contribution in [0.25, 0.3) is 0 Å². The van der Waals surface area contributed by atoms with E-state index in [2.05, 4.69) is 10.8 Å². The molecular formula is C8H15NO6S. The van der Waals surface area contributed by atoms with E-state index in [1.54, 1.807) is 6.92 Å². The molecule has 8 heteroatoms. The maximum Gasteiger partial charge on any atom is 0.389 e. The van der Waals surface area contributed by atoms with Crippen molar-refractivity contribution in [3.05, 3.63) is 12.7 Å². The third kappa shape index (κ3) is 5.21. The molecule has 0 atom stereocenters. The van der Waals surface area contributed by atoms with Crippen molar-refractivity contribution in [1.82, 2.24) is 4.31 Å². The minimum Gasteiger partial charge on any atom is -0.385 e. The van der Waals surface area contributed by atoms with Crippen LogP contribution in [0.4, 0.5) is 0 Å². The summed E-state index contributed by atoms with van der Waals surface area (Å²) in [6.45, 7) is 3.97. The van der Waals surface area contributed by atoms with E-state index in [9.17, 15) is 13.2 Å². The Labute approximate surface area is 94.5 Å². The van der Waals surface area contributed by atoms with Crippen molar-refractivity contribution in [3.8, 4) is 0 Å². The van der Waals surface area contributed by atoms with Crippen molar-refractivity contribution in [2.45, 2.75) is 6.92 Å². The fourth-order valence-corrected chi connectivity index (χ4v) is 1.66. The molecule has 0 spiro atoms. The molecule has 0 fully saturated rings. The van der Waals surface area contributed by atoms with E-state index in [4.69, 9.17) is 9.84 Å². The summed E-state index contributed by atoms with van der Waals surface area (Å²) in [5, 5.41) is 8.36. The van der Waals surface area contributed by atoms with Crippen LogP contribution in [-0.2, 0) is 24.0 Å². The van der Waals surface area contributed by atoms with Gasteiger partial charge in [0.15, 0.2) is 0 Å². The number of aliphatic hydroxyl groups excluding tert-OH is 1. The molecule has 0 aliphatic rings. The molecule has 94 valence electrons. The lowest BCUT2D eigenvalue weighted by atomic mass is 10.7. The normalized spacial score (nSPS) is 11.4. The van der Waals surface area contributed by atoms with Gasteiger partial charge in [0.05, 0.1) is 6.61 Å². The Balaban J connectivity index is 4.42. The van der Waals surface area contributed by atoms with Gasteiger partial charge in [-0.3, -0.25) is 0 Å². The summed E-state index contributed by atoms with van der Waals surface area (Å²) in [6.07, 6.45) is 1.46. The van der Waals surface area contributed by atoms with E-state index in [0.717, 1.165) is 4.31 Å². The highest BCUT2D eigenvalue weighted by Gasteiger charge is 2.24. The monoisotopic (exact) mass is 253 g/mol. The van der Waals surface area contributed by atoms with Crippen LogP contribution in [-0.4, -0.2) is 50.3 Å². The summed E-state index contributed by atoms with van der Waals surface area (Å²) < 4.78 is 32.6. The number of hydrogen-bond acceptors (Lipinski definition) is 6. The van der Waals surface area contributed by atoms with E-state index >= 15 is 0 Å². The van der Waals surface area contributed by atoms with Gasteiger partial charge in [-0.1, -0.05) is 13.0 Å². The predicted molar refractivity (Wildman–Crippen MR) is 55.5 cm³/mol. The highest BCUT2D eigenvalue weighted by Crippen LogP contribution is 2.03. The van der Waals surface area contributed by atoms with Crippen molar-refractivity contribution in [2.24, 2.45) is 0 Å². The topological polar surface area (TPSA) is 93.1 Å². The molecule has 0 bridgehead atoms. The Bertz CT molecular complexity index is 325. The van der Waals surface area contributed by atoms with Crippen LogP contribution in [0.5, 0.6) is 0 Å². The van der Waals surface area contributed by atoms with E-state index in [1.807, 2.05) is 0 Å². The van der Waals surface area contributed by atoms with Crippen molar-refractivity contribution in [3.63, 3.8) is 0 Å². The Morgan fingerprint density at radius 2 is 2.19 bits per heavy atom. The second-order valence-corrected chi connectivity index (χ2v) is 4.17. The molecule has 1 N–H and O–H groups in total. The third-order valence-electron chi connectivity index (χ3n) is 1.47. The Morgan fingerprint density at radius 1 is 1.56 bits per heavy atom. The SMILES string of the molecule is C=CCOCN(CC)S(=O)(=O)OC(=O)CO. The Kier molecular flexibility index (Phi) is 6.90. The lowest BCUT2D eigenvalue weighted by Gasteiger charge is -2.18. The van der Waals surface area contributed by atoms with Crippen molar-refractivity contribution in [2.75, 3.05) is 26.5 Å². The van der Waals surface area contributed by atoms with Gasteiger partial charge in [-0.25, -0.2) is 4.79 Å². The lowest BCUT2D eigenvalue weighted by molar-refractivity contribution is -0.137. The van der Waals surface area contributed by atoms with Crippen molar-refractivity contribution in [1.29, 1.82) is 0 Å². The Hall–Kier alpha value is -0.960. The van der Waals surface area contributed by atoms with Crippen LogP contribution in [0.2, 0.25) is 0 Å². The summed E-state index contributed by atoms with van der Waals surface area (Å²) in [6, 6.07) is 0. The fourth-order valence-electron chi connectivity index (χ4n) is 0.748. The van der Waals surface area contributed by atoms with Gasteiger partial charge in [0.25, 0.3) is 0 Å². The van der Waals surface area contributed by atoms with Gasteiger partial charge in [0.1, 0.15) is 13.3 Å². The van der Waals surface area contributed by atoms with Gasteiger partial charge < -0.3 is 14.0 Å². The molecule has 0 heterocycles. The minimum absolute atomic E-state index is 0.0815. The zero-order valence-corrected chi connectivity index (χ0v) is 9.77. The summed E-state index contributed by atoms with van der Waals surface area (Å²) in [5.41, 5.74) is 0. The molecule has 0 amide bonds. The molecule has 0 aliphatic heterocycles. The molecule has 7 nitrogen and oxygen atoms in total. The Morgan fingerprint density at radius 3 is 2.62 bits per heavy atom. The molecule has 0 radical (unpaired) electrons. The number of carbonyl (C=O) groups is 1. The third-order valence-corrected chi connectivity index (χ3v) is 2.86. The van der Waals surface area contributed by atoms with Gasteiger partial charge >= 0.3 is 16.3 Å². The quantitative estimate of drug-likeness (QED) is 0.347. The van der Waals surface area contributed by atoms with E-state index < -0.39 is 22.9 Å². The fraction of sp³-hybridized carbons (Fsp3) is 0.625. The molecule has 0 saturated carbocycles. The minimum atomic E-state index is -4.20. The zero-order valence-electron chi connectivity index (χ0n) is 8.96. The number of nitrogens with zero attached hydrogens (tertiary/aromatic N) is 1. The molecule has 0 aromatic rings. The number of hydrogen-bond donors (Lipinski definition) is 1. The molecule has 0 aromatic carbocycles. The maximum atomic E-state index is 11.4. The highest BCUT2D eigenvalue weighted by molar-refractivity contribution is 7.84. The average Bonchev–Trinajstić information content (AvgIpc) is 2.23. The number of aliphatic hydroxyl groups is 1. The molecule has 0 aliphatic carbocycles. The number of ether oxygens (including phenoxy) is 1. The standard InChI is InChI=1S/C8H15NO6S/c1-3-5-14-7-9(4-2)16(12,13)15-8(11)6-10/h3,10H,1,4-7H2,2H3. The largest absolute Gasteiger partial charge is 0.389 e. The number of carbonyl (C=O) groups excluding carboxylic acids is 1. The molecule has 0 aromatic heterocycles. The van der Waals surface area contributed by atoms with Gasteiger partial charge in [-0.2, -0.15) is 8.42 Å². The first-order chi connectivity index (χ1) is 7.47. The van der Waals surface area contributed by atoms with Crippen LogP contribution in [0.15, 0.2) is 12.7 Å². The van der Waals surface area contributed by atoms with Crippen LogP contribution < -0.4 is 0 Å². The molecule has 0 rings (SSSR count). The van der Waals surface area contributed by atoms with Gasteiger partial charge in [0, 0.05) is 6.54 Å². The van der Waals surface area contributed by atoms with Crippen LogP contribution in [0.1, 0.15) is 6.92 Å². The first kappa shape index (κ1) is 15.0. The summed E-state index contributed by atoms with van der Waals surface area (Å²) >= 11 is 0. The van der Waals surface area contributed by atoms with Crippen LogP contribution in [0, 0.1) is 0 Å². The number of rotatable bonds is 8. The van der Waals surface area contributed by atoms with Gasteiger partial charge in [0.2, 0.25) is 0 Å². The molecule has 0 saturated heterocycles. The molecule has 16 heavy (non-hydrogen) atoms. The maximum absolute atomic E-state index is 11.4. The molecule has 0 unspecified atom stereocenters. The van der Waals surface area contributed by atoms with Gasteiger partial charge in [-0.15, -0.1) is 10.9 Å². The van der Waals surface area contributed by atoms with E-state index in [-0.39, 0.29) is 19.9 Å². The second-order valence-electron chi connectivity index (χ2n) is 2.63. The van der Waals surface area contributed by atoms with Crippen LogP contribution >= 0.6 is 0 Å². The lowest BCUT2D eigenvalue weighted by Crippen LogP contribution is -2.36. The van der Waals surface area contributed by atoms with Crippen molar-refractivity contribution >= 4 is 16.3 Å². The van der Waals surface area contributed by atoms with E-state index in [1.165, 1.54) is 6.08 Å². The molecular weight excluding hydrogens is 238 g/mol. The smallest absolute Gasteiger partial charge is 0.385 e. The highest BCUT2D eigenvalue weighted by atomic mass is 32.2. The predicted octanol–water partition coefficient (Wildman–Crippen LogP) is -0.751. The van der Waals surface area contributed by atoms with Crippen molar-refractivity contribution < 1.29 is 27.2 Å². The van der Waals surface area contributed by atoms with Crippen LogP contribution in [0.3, 0.4) is 0 Å². The summed E-state index contributed by atoms with van der Waals surface area (Å²) in [4.78, 5) is 10.6. The summed E-state index contributed by atoms with van der Waals surface area (Å²) in [5.74, 6) is -1.23. The van der Waals surface area contributed by atoms with E-state index in [0.29, 0.717) is 0 Å². The second kappa shape index (κ2) is 7.34. The van der Waals surface area contributed by atoms with Gasteiger partial charge in [-0.05, 0) is 0 Å². The summed E-state index contributed by atoms with van der Waals surface area (Å²) in [7, 11) is -4.20. The first-order valence-electron chi connectivity index (χ1n) is 4.49. The first-order valence-corrected chi connectivity index (χ1v) is 5.86.